The van der Waals surface area contributed by atoms with Gasteiger partial charge in [-0.05, 0) is 37.3 Å². The van der Waals surface area contributed by atoms with Crippen LogP contribution in [0.15, 0.2) is 12.3 Å². The molecule has 0 unspecified atom stereocenters. The second-order valence-electron chi connectivity index (χ2n) is 5.30. The molecule has 0 aliphatic heterocycles. The van der Waals surface area contributed by atoms with Crippen molar-refractivity contribution in [3.63, 3.8) is 0 Å². The molecule has 1 aromatic heterocycles. The third-order valence-corrected chi connectivity index (χ3v) is 3.03. The Morgan fingerprint density at radius 1 is 1.53 bits per heavy atom. The summed E-state index contributed by atoms with van der Waals surface area (Å²) in [6.07, 6.45) is 5.06. The van der Waals surface area contributed by atoms with Gasteiger partial charge in [-0.25, -0.2) is 4.98 Å². The predicted octanol–water partition coefficient (Wildman–Crippen LogP) is 2.83. The number of nitrogens with zero attached hydrogens (tertiary/aromatic N) is 2. The van der Waals surface area contributed by atoms with E-state index in [9.17, 15) is 4.79 Å². The summed E-state index contributed by atoms with van der Waals surface area (Å²) in [5.41, 5.74) is 1.76. The van der Waals surface area contributed by atoms with E-state index in [0.717, 1.165) is 24.2 Å². The second-order valence-corrected chi connectivity index (χ2v) is 5.30. The van der Waals surface area contributed by atoms with Crippen LogP contribution >= 0.6 is 0 Å². The number of aryl methyl sites for hydroxylation is 1. The van der Waals surface area contributed by atoms with E-state index in [1.807, 2.05) is 13.0 Å². The highest BCUT2D eigenvalue weighted by Gasteiger charge is 2.31. The number of hydrogen-bond donors (Lipinski definition) is 0. The Morgan fingerprint density at radius 3 is 2.71 bits per heavy atom. The van der Waals surface area contributed by atoms with Gasteiger partial charge in [0, 0.05) is 24.3 Å². The zero-order chi connectivity index (χ0) is 12.4. The van der Waals surface area contributed by atoms with E-state index >= 15 is 0 Å². The molecule has 0 amide bonds. The highest BCUT2D eigenvalue weighted by atomic mass is 16.1. The first kappa shape index (κ1) is 12.1. The molecule has 1 heterocycles. The number of rotatable bonds is 5. The van der Waals surface area contributed by atoms with Crippen LogP contribution in [0.5, 0.6) is 0 Å². The van der Waals surface area contributed by atoms with Gasteiger partial charge in [0.1, 0.15) is 5.82 Å². The van der Waals surface area contributed by atoms with E-state index in [0.29, 0.717) is 17.5 Å². The molecule has 0 N–H and O–H groups in total. The molecule has 1 saturated carbocycles. The van der Waals surface area contributed by atoms with Gasteiger partial charge < -0.3 is 4.90 Å². The quantitative estimate of drug-likeness (QED) is 0.732. The molecular formula is C14H20N2O. The van der Waals surface area contributed by atoms with Gasteiger partial charge in [-0.15, -0.1) is 0 Å². The molecule has 1 aromatic rings. The lowest BCUT2D eigenvalue weighted by Crippen LogP contribution is -2.31. The highest BCUT2D eigenvalue weighted by molar-refractivity contribution is 5.75. The molecule has 3 nitrogen and oxygen atoms in total. The number of carbonyl (C=O) groups is 1. The van der Waals surface area contributed by atoms with Crippen LogP contribution in [0.4, 0.5) is 5.82 Å². The molecule has 0 bridgehead atoms. The van der Waals surface area contributed by atoms with Crippen LogP contribution in [0.3, 0.4) is 0 Å². The SMILES string of the molecule is Cc1cc(C=O)cnc1N(CC(C)C)C1CC1. The minimum absolute atomic E-state index is 0.627. The Bertz CT molecular complexity index is 411. The van der Waals surface area contributed by atoms with Gasteiger partial charge in [-0.1, -0.05) is 13.8 Å². The van der Waals surface area contributed by atoms with Crippen LogP contribution in [0.2, 0.25) is 0 Å². The third-order valence-electron chi connectivity index (χ3n) is 3.03. The molecule has 0 atom stereocenters. The molecule has 1 aliphatic carbocycles. The molecule has 2 rings (SSSR count). The van der Waals surface area contributed by atoms with Gasteiger partial charge >= 0.3 is 0 Å². The predicted molar refractivity (Wildman–Crippen MR) is 69.6 cm³/mol. The Balaban J connectivity index is 2.25. The Hall–Kier alpha value is -1.38. The largest absolute Gasteiger partial charge is 0.353 e. The summed E-state index contributed by atoms with van der Waals surface area (Å²) in [5.74, 6) is 1.68. The highest BCUT2D eigenvalue weighted by Crippen LogP contribution is 2.32. The molecule has 17 heavy (non-hydrogen) atoms. The number of hydrogen-bond acceptors (Lipinski definition) is 3. The minimum atomic E-state index is 0.627. The van der Waals surface area contributed by atoms with Crippen molar-refractivity contribution < 1.29 is 4.79 Å². The first-order chi connectivity index (χ1) is 8.11. The zero-order valence-corrected chi connectivity index (χ0v) is 10.8. The third kappa shape index (κ3) is 2.84. The van der Waals surface area contributed by atoms with E-state index in [-0.39, 0.29) is 0 Å². The molecule has 0 aromatic carbocycles. The Labute approximate surface area is 103 Å². The summed E-state index contributed by atoms with van der Waals surface area (Å²) in [5, 5.41) is 0. The normalized spacial score (nSPS) is 15.1. The number of carbonyl (C=O) groups excluding carboxylic acids is 1. The monoisotopic (exact) mass is 232 g/mol. The zero-order valence-electron chi connectivity index (χ0n) is 10.8. The Kier molecular flexibility index (Phi) is 3.46. The molecular weight excluding hydrogens is 212 g/mol. The lowest BCUT2D eigenvalue weighted by molar-refractivity contribution is 0.112. The van der Waals surface area contributed by atoms with Gasteiger partial charge in [0.25, 0.3) is 0 Å². The number of aromatic nitrogens is 1. The summed E-state index contributed by atoms with van der Waals surface area (Å²) in [7, 11) is 0. The fraction of sp³-hybridized carbons (Fsp3) is 0.571. The van der Waals surface area contributed by atoms with Crippen LogP contribution in [0.1, 0.15) is 42.6 Å². The van der Waals surface area contributed by atoms with Gasteiger partial charge in [0.05, 0.1) is 0 Å². The summed E-state index contributed by atoms with van der Waals surface area (Å²) < 4.78 is 0. The summed E-state index contributed by atoms with van der Waals surface area (Å²) in [4.78, 5) is 17.6. The van der Waals surface area contributed by atoms with Crippen molar-refractivity contribution in [3.8, 4) is 0 Å². The average Bonchev–Trinajstić information content (AvgIpc) is 3.09. The van der Waals surface area contributed by atoms with E-state index in [4.69, 9.17) is 0 Å². The van der Waals surface area contributed by atoms with Crippen molar-refractivity contribution in [2.24, 2.45) is 5.92 Å². The maximum Gasteiger partial charge on any atom is 0.151 e. The van der Waals surface area contributed by atoms with Gasteiger partial charge in [-0.2, -0.15) is 0 Å². The molecule has 0 spiro atoms. The van der Waals surface area contributed by atoms with Crippen LogP contribution in [-0.2, 0) is 0 Å². The van der Waals surface area contributed by atoms with Gasteiger partial charge in [0.15, 0.2) is 6.29 Å². The lowest BCUT2D eigenvalue weighted by atomic mass is 10.1. The fourth-order valence-corrected chi connectivity index (χ4v) is 2.14. The number of anilines is 1. The van der Waals surface area contributed by atoms with Gasteiger partial charge in [-0.3, -0.25) is 4.79 Å². The number of aldehydes is 1. The first-order valence-electron chi connectivity index (χ1n) is 6.30. The van der Waals surface area contributed by atoms with E-state index in [2.05, 4.69) is 23.7 Å². The molecule has 0 saturated heterocycles. The molecule has 3 heteroatoms. The summed E-state index contributed by atoms with van der Waals surface area (Å²) >= 11 is 0. The maximum atomic E-state index is 10.7. The molecule has 1 fully saturated rings. The molecule has 1 aliphatic rings. The van der Waals surface area contributed by atoms with Crippen molar-refractivity contribution in [1.29, 1.82) is 0 Å². The minimum Gasteiger partial charge on any atom is -0.353 e. The van der Waals surface area contributed by atoms with E-state index < -0.39 is 0 Å². The van der Waals surface area contributed by atoms with Crippen LogP contribution in [0.25, 0.3) is 0 Å². The van der Waals surface area contributed by atoms with Crippen molar-refractivity contribution in [3.05, 3.63) is 23.4 Å². The van der Waals surface area contributed by atoms with Crippen LogP contribution in [0, 0.1) is 12.8 Å². The number of pyridine rings is 1. The average molecular weight is 232 g/mol. The first-order valence-corrected chi connectivity index (χ1v) is 6.30. The topological polar surface area (TPSA) is 33.2 Å². The maximum absolute atomic E-state index is 10.7. The second kappa shape index (κ2) is 4.86. The van der Waals surface area contributed by atoms with Crippen LogP contribution in [-0.4, -0.2) is 23.9 Å². The molecule has 92 valence electrons. The van der Waals surface area contributed by atoms with Crippen molar-refractivity contribution in [2.75, 3.05) is 11.4 Å². The Morgan fingerprint density at radius 2 is 2.24 bits per heavy atom. The van der Waals surface area contributed by atoms with Gasteiger partial charge in [0.2, 0.25) is 0 Å². The van der Waals surface area contributed by atoms with Crippen LogP contribution < -0.4 is 4.90 Å². The standard InChI is InChI=1S/C14H20N2O/c1-10(2)8-16(13-4-5-13)14-11(3)6-12(9-17)7-15-14/h6-7,9-10,13H,4-5,8H2,1-3H3. The summed E-state index contributed by atoms with van der Waals surface area (Å²) in [6, 6.07) is 2.58. The smallest absolute Gasteiger partial charge is 0.151 e. The van der Waals surface area contributed by atoms with Crippen molar-refractivity contribution >= 4 is 12.1 Å². The summed E-state index contributed by atoms with van der Waals surface area (Å²) in [6.45, 7) is 7.53. The van der Waals surface area contributed by atoms with Crippen molar-refractivity contribution in [1.82, 2.24) is 4.98 Å². The van der Waals surface area contributed by atoms with Crippen molar-refractivity contribution in [2.45, 2.75) is 39.7 Å². The fourth-order valence-electron chi connectivity index (χ4n) is 2.14. The van der Waals surface area contributed by atoms with E-state index in [1.165, 1.54) is 12.8 Å². The molecule has 0 radical (unpaired) electrons. The lowest BCUT2D eigenvalue weighted by Gasteiger charge is -2.27. The van der Waals surface area contributed by atoms with E-state index in [1.54, 1.807) is 6.20 Å².